The summed E-state index contributed by atoms with van der Waals surface area (Å²) in [5.74, 6) is 1.13. The van der Waals surface area contributed by atoms with Crippen LogP contribution >= 0.6 is 46.6 Å². The highest BCUT2D eigenvalue weighted by Crippen LogP contribution is 2.29. The number of thioether (sulfide) groups is 1. The van der Waals surface area contributed by atoms with Gasteiger partial charge in [0.2, 0.25) is 0 Å². The number of carbonyl (C=O) groups is 1. The molecule has 0 radical (unpaired) electrons. The predicted octanol–water partition coefficient (Wildman–Crippen LogP) is 6.15. The van der Waals surface area contributed by atoms with E-state index in [-0.39, 0.29) is 11.7 Å². The van der Waals surface area contributed by atoms with Gasteiger partial charge in [0, 0.05) is 16.3 Å². The molecule has 0 aliphatic rings. The molecule has 1 N–H and O–H groups in total. The highest BCUT2D eigenvalue weighted by molar-refractivity contribution is 7.99. The lowest BCUT2D eigenvalue weighted by Gasteiger charge is -2.11. The molecule has 0 saturated carbocycles. The molecule has 1 aromatic heterocycles. The third-order valence-electron chi connectivity index (χ3n) is 4.75. The van der Waals surface area contributed by atoms with Gasteiger partial charge < -0.3 is 4.74 Å². The van der Waals surface area contributed by atoms with Crippen molar-refractivity contribution in [3.05, 3.63) is 87.4 Å². The summed E-state index contributed by atoms with van der Waals surface area (Å²) < 4.78 is 7.11. The van der Waals surface area contributed by atoms with E-state index in [2.05, 4.69) is 20.7 Å². The van der Waals surface area contributed by atoms with Crippen molar-refractivity contribution in [2.24, 2.45) is 5.10 Å². The van der Waals surface area contributed by atoms with Gasteiger partial charge in [-0.05, 0) is 66.2 Å². The SMILES string of the molecule is COc1ccc(-c2nnc(SCC(=O)N/N=C/c3ccc(Cl)c(Cl)c3)n2-c2ccc(Cl)cc2)cc1. The summed E-state index contributed by atoms with van der Waals surface area (Å²) in [5.41, 5.74) is 4.86. The Morgan fingerprint density at radius 1 is 1.03 bits per heavy atom. The first-order valence-corrected chi connectivity index (χ1v) is 12.3. The zero-order chi connectivity index (χ0) is 24.8. The number of methoxy groups -OCH3 is 1. The number of hydrazone groups is 1. The van der Waals surface area contributed by atoms with Gasteiger partial charge >= 0.3 is 0 Å². The zero-order valence-corrected chi connectivity index (χ0v) is 21.4. The minimum absolute atomic E-state index is 0.0764. The second kappa shape index (κ2) is 11.6. The van der Waals surface area contributed by atoms with Gasteiger partial charge in [0.25, 0.3) is 5.91 Å². The Kier molecular flexibility index (Phi) is 8.30. The van der Waals surface area contributed by atoms with Crippen LogP contribution in [0.1, 0.15) is 5.56 Å². The Morgan fingerprint density at radius 3 is 2.46 bits per heavy atom. The highest BCUT2D eigenvalue weighted by Gasteiger charge is 2.17. The minimum atomic E-state index is -0.303. The maximum Gasteiger partial charge on any atom is 0.250 e. The molecule has 1 heterocycles. The lowest BCUT2D eigenvalue weighted by Crippen LogP contribution is -2.20. The summed E-state index contributed by atoms with van der Waals surface area (Å²) in [5, 5.41) is 14.7. The second-order valence-electron chi connectivity index (χ2n) is 7.10. The van der Waals surface area contributed by atoms with Crippen molar-refractivity contribution in [2.75, 3.05) is 12.9 Å². The smallest absolute Gasteiger partial charge is 0.250 e. The number of aromatic nitrogens is 3. The molecule has 0 saturated heterocycles. The number of ether oxygens (including phenoxy) is 1. The fourth-order valence-corrected chi connectivity index (χ4v) is 4.22. The van der Waals surface area contributed by atoms with Gasteiger partial charge in [-0.1, -0.05) is 52.6 Å². The number of benzene rings is 3. The summed E-state index contributed by atoms with van der Waals surface area (Å²) in [6.45, 7) is 0. The Bertz CT molecular complexity index is 1360. The number of rotatable bonds is 8. The monoisotopic (exact) mass is 545 g/mol. The third-order valence-corrected chi connectivity index (χ3v) is 6.67. The predicted molar refractivity (Wildman–Crippen MR) is 141 cm³/mol. The van der Waals surface area contributed by atoms with E-state index in [1.54, 1.807) is 37.4 Å². The van der Waals surface area contributed by atoms with E-state index in [9.17, 15) is 4.79 Å². The maximum absolute atomic E-state index is 12.4. The molecule has 0 aliphatic carbocycles. The molecule has 0 spiro atoms. The van der Waals surface area contributed by atoms with Gasteiger partial charge in [-0.3, -0.25) is 9.36 Å². The Hall–Kier alpha value is -3.04. The molecule has 3 aromatic carbocycles. The van der Waals surface area contributed by atoms with E-state index in [0.717, 1.165) is 17.0 Å². The lowest BCUT2D eigenvalue weighted by molar-refractivity contribution is -0.118. The average molecular weight is 547 g/mol. The molecule has 4 aromatic rings. The molecule has 4 rings (SSSR count). The first kappa shape index (κ1) is 25.1. The van der Waals surface area contributed by atoms with E-state index in [4.69, 9.17) is 39.5 Å². The highest BCUT2D eigenvalue weighted by atomic mass is 35.5. The average Bonchev–Trinajstić information content (AvgIpc) is 3.29. The van der Waals surface area contributed by atoms with Crippen LogP contribution in [0.5, 0.6) is 5.75 Å². The van der Waals surface area contributed by atoms with E-state index in [0.29, 0.717) is 31.6 Å². The van der Waals surface area contributed by atoms with Crippen molar-refractivity contribution < 1.29 is 9.53 Å². The zero-order valence-electron chi connectivity index (χ0n) is 18.3. The largest absolute Gasteiger partial charge is 0.497 e. The molecule has 7 nitrogen and oxygen atoms in total. The second-order valence-corrected chi connectivity index (χ2v) is 9.30. The number of amides is 1. The van der Waals surface area contributed by atoms with Crippen LogP contribution in [0.15, 0.2) is 77.0 Å². The van der Waals surface area contributed by atoms with Gasteiger partial charge in [-0.15, -0.1) is 10.2 Å². The summed E-state index contributed by atoms with van der Waals surface area (Å²) in [6, 6.07) is 19.9. The fourth-order valence-electron chi connectivity index (χ4n) is 3.05. The molecule has 0 bridgehead atoms. The summed E-state index contributed by atoms with van der Waals surface area (Å²) in [4.78, 5) is 12.4. The topological polar surface area (TPSA) is 81.4 Å². The minimum Gasteiger partial charge on any atom is -0.497 e. The van der Waals surface area contributed by atoms with Gasteiger partial charge in [-0.25, -0.2) is 5.43 Å². The first-order valence-electron chi connectivity index (χ1n) is 10.2. The number of carbonyl (C=O) groups excluding carboxylic acids is 1. The maximum atomic E-state index is 12.4. The van der Waals surface area contributed by atoms with Gasteiger partial charge in [0.15, 0.2) is 11.0 Å². The van der Waals surface area contributed by atoms with Gasteiger partial charge in [0.05, 0.1) is 29.1 Å². The van der Waals surface area contributed by atoms with Crippen LogP contribution in [0.4, 0.5) is 0 Å². The van der Waals surface area contributed by atoms with Crippen LogP contribution < -0.4 is 10.2 Å². The van der Waals surface area contributed by atoms with Crippen LogP contribution in [0, 0.1) is 0 Å². The molecular weight excluding hydrogens is 529 g/mol. The van der Waals surface area contributed by atoms with Crippen LogP contribution in [0.25, 0.3) is 17.1 Å². The molecule has 1 amide bonds. The Morgan fingerprint density at radius 2 is 1.77 bits per heavy atom. The number of halogens is 3. The Balaban J connectivity index is 1.51. The summed E-state index contributed by atoms with van der Waals surface area (Å²) >= 11 is 19.2. The van der Waals surface area contributed by atoms with Crippen molar-refractivity contribution in [2.45, 2.75) is 5.16 Å². The fraction of sp³-hybridized carbons (Fsp3) is 0.0833. The number of nitrogens with zero attached hydrogens (tertiary/aromatic N) is 4. The molecular formula is C24H18Cl3N5O2S. The van der Waals surface area contributed by atoms with Crippen LogP contribution in [0.3, 0.4) is 0 Å². The molecule has 11 heteroatoms. The third kappa shape index (κ3) is 6.35. The summed E-state index contributed by atoms with van der Waals surface area (Å²) in [7, 11) is 1.61. The number of hydrogen-bond donors (Lipinski definition) is 1. The normalized spacial score (nSPS) is 11.1. The molecule has 0 unspecified atom stereocenters. The van der Waals surface area contributed by atoms with Crippen LogP contribution in [0.2, 0.25) is 15.1 Å². The van der Waals surface area contributed by atoms with E-state index >= 15 is 0 Å². The molecule has 0 aliphatic heterocycles. The molecule has 0 fully saturated rings. The molecule has 35 heavy (non-hydrogen) atoms. The Labute approximate surface area is 221 Å². The molecule has 178 valence electrons. The van der Waals surface area contributed by atoms with Crippen molar-refractivity contribution >= 4 is 58.7 Å². The number of hydrogen-bond acceptors (Lipinski definition) is 6. The van der Waals surface area contributed by atoms with Crippen molar-refractivity contribution in [1.82, 2.24) is 20.2 Å². The van der Waals surface area contributed by atoms with Gasteiger partial charge in [-0.2, -0.15) is 5.10 Å². The first-order chi connectivity index (χ1) is 16.9. The van der Waals surface area contributed by atoms with E-state index < -0.39 is 0 Å². The van der Waals surface area contributed by atoms with Crippen molar-refractivity contribution in [3.63, 3.8) is 0 Å². The van der Waals surface area contributed by atoms with Crippen molar-refractivity contribution in [1.29, 1.82) is 0 Å². The summed E-state index contributed by atoms with van der Waals surface area (Å²) in [6.07, 6.45) is 1.49. The standard InChI is InChI=1S/C24H18Cl3N5O2S/c1-34-19-9-3-16(4-10-19)23-30-31-24(32(23)18-7-5-17(25)6-8-18)35-14-22(33)29-28-13-15-2-11-20(26)21(27)12-15/h2-13H,14H2,1H3,(H,29,33)/b28-13+. The van der Waals surface area contributed by atoms with E-state index in [1.807, 2.05) is 41.0 Å². The number of nitrogens with one attached hydrogen (secondary N) is 1. The van der Waals surface area contributed by atoms with Crippen LogP contribution in [-0.4, -0.2) is 39.7 Å². The molecule has 0 atom stereocenters. The van der Waals surface area contributed by atoms with Crippen LogP contribution in [-0.2, 0) is 4.79 Å². The lowest BCUT2D eigenvalue weighted by atomic mass is 10.2. The quantitative estimate of drug-likeness (QED) is 0.163. The van der Waals surface area contributed by atoms with Gasteiger partial charge in [0.1, 0.15) is 5.75 Å². The van der Waals surface area contributed by atoms with E-state index in [1.165, 1.54) is 18.0 Å². The van der Waals surface area contributed by atoms with Crippen molar-refractivity contribution in [3.8, 4) is 22.8 Å².